The molecule has 0 bridgehead atoms. The summed E-state index contributed by atoms with van der Waals surface area (Å²) in [5, 5.41) is 0. The number of nitrogens with zero attached hydrogens (tertiary/aromatic N) is 3. The largest absolute Gasteiger partial charge is 0.295 e. The Morgan fingerprint density at radius 3 is 2.09 bits per heavy atom. The third kappa shape index (κ3) is 3.54. The van der Waals surface area contributed by atoms with E-state index in [0.29, 0.717) is 11.8 Å². The molecule has 0 fully saturated rings. The zero-order chi connectivity index (χ0) is 23.3. The Morgan fingerprint density at radius 1 is 0.875 bits per heavy atom. The van der Waals surface area contributed by atoms with E-state index in [1.165, 1.54) is 50.3 Å². The third-order valence-electron chi connectivity index (χ3n) is 6.75. The number of aromatic nitrogens is 3. The summed E-state index contributed by atoms with van der Waals surface area (Å²) in [6.07, 6.45) is 2.18. The number of rotatable bonds is 4. The first-order valence-electron chi connectivity index (χ1n) is 11.7. The maximum Gasteiger partial charge on any atom is 0.240 e. The lowest BCUT2D eigenvalue weighted by Gasteiger charge is -2.21. The Kier molecular flexibility index (Phi) is 5.70. The van der Waals surface area contributed by atoms with Crippen molar-refractivity contribution < 1.29 is 4.57 Å². The lowest BCUT2D eigenvalue weighted by atomic mass is 9.92. The fourth-order valence-electron chi connectivity index (χ4n) is 4.96. The minimum Gasteiger partial charge on any atom is -0.295 e. The predicted octanol–water partition coefficient (Wildman–Crippen LogP) is 7.00. The number of fused-ring (bicyclic) bond motifs is 1. The monoisotopic (exact) mass is 426 g/mol. The van der Waals surface area contributed by atoms with Crippen LogP contribution < -0.4 is 4.57 Å². The van der Waals surface area contributed by atoms with Crippen LogP contribution in [0, 0.1) is 27.7 Å². The lowest BCUT2D eigenvalue weighted by Crippen LogP contribution is -2.31. The molecule has 0 radical (unpaired) electrons. The van der Waals surface area contributed by atoms with Gasteiger partial charge in [0.15, 0.2) is 11.7 Å². The molecule has 0 saturated carbocycles. The van der Waals surface area contributed by atoms with Crippen molar-refractivity contribution in [1.82, 2.24) is 9.55 Å². The van der Waals surface area contributed by atoms with Gasteiger partial charge in [-0.25, -0.2) is 4.98 Å². The maximum atomic E-state index is 5.17. The molecule has 0 aliphatic carbocycles. The minimum atomic E-state index is 0.432. The van der Waals surface area contributed by atoms with Gasteiger partial charge in [0.25, 0.3) is 0 Å². The number of benzene rings is 2. The summed E-state index contributed by atoms with van der Waals surface area (Å²) in [6, 6.07) is 13.5. The Bertz CT molecular complexity index is 1300. The highest BCUT2D eigenvalue weighted by Gasteiger charge is 2.25. The van der Waals surface area contributed by atoms with E-state index in [9.17, 15) is 0 Å². The molecule has 32 heavy (non-hydrogen) atoms. The van der Waals surface area contributed by atoms with E-state index in [1.807, 2.05) is 0 Å². The molecule has 0 unspecified atom stereocenters. The molecule has 0 spiro atoms. The van der Waals surface area contributed by atoms with Gasteiger partial charge in [-0.15, -0.1) is 0 Å². The van der Waals surface area contributed by atoms with Gasteiger partial charge in [0.2, 0.25) is 5.69 Å². The van der Waals surface area contributed by atoms with Gasteiger partial charge < -0.3 is 0 Å². The Labute approximate surface area is 192 Å². The molecule has 0 aliphatic heterocycles. The Morgan fingerprint density at radius 2 is 1.50 bits per heavy atom. The van der Waals surface area contributed by atoms with Crippen molar-refractivity contribution in [3.63, 3.8) is 0 Å². The SMILES string of the molecule is Cc1cc(C)c(C)c(-c2c3nc(C)n(-c4c(C(C)C)cccc4C(C)C)c3cc[n+]2C)c1. The third-order valence-corrected chi connectivity index (χ3v) is 6.75. The topological polar surface area (TPSA) is 21.7 Å². The molecule has 4 rings (SSSR count). The highest BCUT2D eigenvalue weighted by molar-refractivity contribution is 5.90. The first kappa shape index (κ1) is 22.3. The van der Waals surface area contributed by atoms with Gasteiger partial charge in [0.05, 0.1) is 16.8 Å². The fourth-order valence-corrected chi connectivity index (χ4v) is 4.96. The first-order chi connectivity index (χ1) is 15.1. The van der Waals surface area contributed by atoms with Crippen LogP contribution in [0.5, 0.6) is 0 Å². The van der Waals surface area contributed by atoms with Crippen molar-refractivity contribution in [2.24, 2.45) is 7.05 Å². The molecular weight excluding hydrogens is 390 g/mol. The summed E-state index contributed by atoms with van der Waals surface area (Å²) in [6.45, 7) is 17.8. The van der Waals surface area contributed by atoms with Gasteiger partial charge >= 0.3 is 0 Å². The summed E-state index contributed by atoms with van der Waals surface area (Å²) in [5.41, 5.74) is 12.6. The number of hydrogen-bond donors (Lipinski definition) is 0. The van der Waals surface area contributed by atoms with Crippen molar-refractivity contribution in [2.75, 3.05) is 0 Å². The molecule has 0 amide bonds. The molecule has 0 saturated heterocycles. The Hall–Kier alpha value is -2.94. The molecule has 0 aliphatic rings. The van der Waals surface area contributed by atoms with Gasteiger partial charge in [-0.05, 0) is 67.9 Å². The number of aryl methyl sites for hydroxylation is 4. The van der Waals surface area contributed by atoms with E-state index in [4.69, 9.17) is 4.98 Å². The van der Waals surface area contributed by atoms with E-state index >= 15 is 0 Å². The van der Waals surface area contributed by atoms with Crippen molar-refractivity contribution in [3.05, 3.63) is 76.2 Å². The number of hydrogen-bond acceptors (Lipinski definition) is 1. The van der Waals surface area contributed by atoms with Crippen molar-refractivity contribution >= 4 is 11.0 Å². The van der Waals surface area contributed by atoms with Crippen LogP contribution in [0.25, 0.3) is 28.0 Å². The summed E-state index contributed by atoms with van der Waals surface area (Å²) in [7, 11) is 2.13. The number of pyridine rings is 1. The van der Waals surface area contributed by atoms with Crippen LogP contribution in [0.15, 0.2) is 42.6 Å². The Balaban J connectivity index is 2.12. The molecule has 4 aromatic rings. The van der Waals surface area contributed by atoms with Crippen LogP contribution in [0.3, 0.4) is 0 Å². The molecule has 166 valence electrons. The average Bonchev–Trinajstić information content (AvgIpc) is 3.05. The van der Waals surface area contributed by atoms with Gasteiger partial charge in [0.1, 0.15) is 12.9 Å². The zero-order valence-corrected chi connectivity index (χ0v) is 21.0. The molecule has 0 N–H and O–H groups in total. The van der Waals surface area contributed by atoms with Crippen molar-refractivity contribution in [1.29, 1.82) is 0 Å². The van der Waals surface area contributed by atoms with E-state index in [0.717, 1.165) is 11.3 Å². The highest BCUT2D eigenvalue weighted by Crippen LogP contribution is 2.36. The highest BCUT2D eigenvalue weighted by atomic mass is 15.1. The second-order valence-corrected chi connectivity index (χ2v) is 9.85. The fraction of sp³-hybridized carbons (Fsp3) is 0.379. The van der Waals surface area contributed by atoms with E-state index < -0.39 is 0 Å². The van der Waals surface area contributed by atoms with Gasteiger partial charge in [-0.3, -0.25) is 4.57 Å². The summed E-state index contributed by atoms with van der Waals surface area (Å²) >= 11 is 0. The second kappa shape index (κ2) is 8.20. The molecule has 2 aromatic carbocycles. The molecule has 2 aromatic heterocycles. The summed E-state index contributed by atoms with van der Waals surface area (Å²) in [4.78, 5) is 5.17. The predicted molar refractivity (Wildman–Crippen MR) is 135 cm³/mol. The van der Waals surface area contributed by atoms with Gasteiger partial charge in [0, 0.05) is 6.07 Å². The second-order valence-electron chi connectivity index (χ2n) is 9.85. The average molecular weight is 427 g/mol. The van der Waals surface area contributed by atoms with Gasteiger partial charge in [-0.2, -0.15) is 4.57 Å². The smallest absolute Gasteiger partial charge is 0.240 e. The van der Waals surface area contributed by atoms with Crippen LogP contribution in [-0.2, 0) is 7.05 Å². The molecular formula is C29H36N3+. The van der Waals surface area contributed by atoms with Gasteiger partial charge in [-0.1, -0.05) is 57.5 Å². The first-order valence-corrected chi connectivity index (χ1v) is 11.7. The molecule has 2 heterocycles. The minimum absolute atomic E-state index is 0.432. The zero-order valence-electron chi connectivity index (χ0n) is 21.0. The normalized spacial score (nSPS) is 11.8. The molecule has 3 nitrogen and oxygen atoms in total. The van der Waals surface area contributed by atoms with E-state index in [-0.39, 0.29) is 0 Å². The van der Waals surface area contributed by atoms with Crippen molar-refractivity contribution in [2.45, 2.75) is 67.2 Å². The summed E-state index contributed by atoms with van der Waals surface area (Å²) in [5.74, 6) is 1.90. The van der Waals surface area contributed by atoms with E-state index in [1.54, 1.807) is 0 Å². The quantitative estimate of drug-likeness (QED) is 0.322. The maximum absolute atomic E-state index is 5.17. The van der Waals surface area contributed by atoms with E-state index in [2.05, 4.69) is 114 Å². The van der Waals surface area contributed by atoms with Crippen LogP contribution in [-0.4, -0.2) is 9.55 Å². The van der Waals surface area contributed by atoms with Crippen LogP contribution in [0.2, 0.25) is 0 Å². The van der Waals surface area contributed by atoms with Crippen LogP contribution in [0.1, 0.15) is 73.2 Å². The van der Waals surface area contributed by atoms with Crippen LogP contribution >= 0.6 is 0 Å². The number of para-hydroxylation sites is 1. The molecule has 3 heteroatoms. The standard InChI is InChI=1S/C29H36N3/c1-17(2)23-11-10-12-24(18(3)4)28(23)32-22(8)30-27-26(32)13-14-31(9)29(27)25-16-19(5)15-20(6)21(25)7/h10-18H,1-9H3/q+1. The number of imidazole rings is 1. The lowest BCUT2D eigenvalue weighted by molar-refractivity contribution is -0.659. The summed E-state index contributed by atoms with van der Waals surface area (Å²) < 4.78 is 4.61. The van der Waals surface area contributed by atoms with Crippen LogP contribution in [0.4, 0.5) is 0 Å². The molecule has 0 atom stereocenters. The van der Waals surface area contributed by atoms with Crippen molar-refractivity contribution in [3.8, 4) is 16.9 Å².